The monoisotopic (exact) mass is 228 g/mol. The van der Waals surface area contributed by atoms with Crippen molar-refractivity contribution in [2.45, 2.75) is 6.92 Å². The number of ether oxygens (including phenoxy) is 1. The van der Waals surface area contributed by atoms with Crippen molar-refractivity contribution >= 4 is 11.9 Å². The molecule has 0 aromatic rings. The topological polar surface area (TPSA) is 49.9 Å². The summed E-state index contributed by atoms with van der Waals surface area (Å²) in [6.45, 7) is 6.47. The second-order valence-electron chi connectivity index (χ2n) is 3.55. The molecular formula is C11H20N2O3. The summed E-state index contributed by atoms with van der Waals surface area (Å²) in [6, 6.07) is 0. The molecule has 0 fully saturated rings. The van der Waals surface area contributed by atoms with Crippen molar-refractivity contribution in [1.29, 1.82) is 0 Å². The zero-order valence-electron chi connectivity index (χ0n) is 10.2. The van der Waals surface area contributed by atoms with Crippen LogP contribution in [0.1, 0.15) is 6.92 Å². The number of carbonyl (C=O) groups is 2. The maximum Gasteiger partial charge on any atom is 0.320 e. The van der Waals surface area contributed by atoms with E-state index in [4.69, 9.17) is 4.74 Å². The SMILES string of the molecule is C=CCN(CC(=O)OCC)CC(=O)N(C)C. The Balaban J connectivity index is 4.21. The molecule has 16 heavy (non-hydrogen) atoms. The zero-order valence-corrected chi connectivity index (χ0v) is 10.2. The quantitative estimate of drug-likeness (QED) is 0.459. The van der Waals surface area contributed by atoms with Crippen LogP contribution >= 0.6 is 0 Å². The van der Waals surface area contributed by atoms with Crippen molar-refractivity contribution < 1.29 is 14.3 Å². The van der Waals surface area contributed by atoms with Gasteiger partial charge in [-0.05, 0) is 6.92 Å². The Bertz CT molecular complexity index is 252. The summed E-state index contributed by atoms with van der Waals surface area (Å²) in [5.74, 6) is -0.373. The Morgan fingerprint density at radius 2 is 1.94 bits per heavy atom. The van der Waals surface area contributed by atoms with E-state index in [-0.39, 0.29) is 25.0 Å². The molecule has 0 saturated heterocycles. The van der Waals surface area contributed by atoms with Crippen LogP contribution in [-0.2, 0) is 14.3 Å². The molecule has 1 amide bonds. The van der Waals surface area contributed by atoms with Crippen molar-refractivity contribution in [1.82, 2.24) is 9.80 Å². The first-order valence-electron chi connectivity index (χ1n) is 5.20. The van der Waals surface area contributed by atoms with Gasteiger partial charge in [0.05, 0.1) is 19.7 Å². The van der Waals surface area contributed by atoms with Gasteiger partial charge in [-0.25, -0.2) is 0 Å². The Hall–Kier alpha value is -1.36. The fourth-order valence-corrected chi connectivity index (χ4v) is 1.09. The number of hydrogen-bond donors (Lipinski definition) is 0. The third kappa shape index (κ3) is 6.19. The minimum absolute atomic E-state index is 0.0499. The predicted octanol–water partition coefficient (Wildman–Crippen LogP) is 0.126. The molecule has 0 spiro atoms. The molecule has 0 unspecified atom stereocenters. The van der Waals surface area contributed by atoms with Crippen LogP contribution in [0.25, 0.3) is 0 Å². The van der Waals surface area contributed by atoms with Gasteiger partial charge in [0, 0.05) is 20.6 Å². The van der Waals surface area contributed by atoms with Gasteiger partial charge >= 0.3 is 5.97 Å². The second kappa shape index (κ2) is 7.87. The average molecular weight is 228 g/mol. The lowest BCUT2D eigenvalue weighted by Crippen LogP contribution is -2.39. The summed E-state index contributed by atoms with van der Waals surface area (Å²) in [6.07, 6.45) is 1.65. The minimum atomic E-state index is -0.323. The summed E-state index contributed by atoms with van der Waals surface area (Å²) >= 11 is 0. The molecule has 0 aliphatic carbocycles. The molecule has 0 rings (SSSR count). The highest BCUT2D eigenvalue weighted by Crippen LogP contribution is 1.93. The van der Waals surface area contributed by atoms with Crippen LogP contribution < -0.4 is 0 Å². The fourth-order valence-electron chi connectivity index (χ4n) is 1.09. The highest BCUT2D eigenvalue weighted by atomic mass is 16.5. The minimum Gasteiger partial charge on any atom is -0.465 e. The van der Waals surface area contributed by atoms with Gasteiger partial charge in [0.25, 0.3) is 0 Å². The third-order valence-corrected chi connectivity index (χ3v) is 1.90. The van der Waals surface area contributed by atoms with Crippen LogP contribution in [0.2, 0.25) is 0 Å². The van der Waals surface area contributed by atoms with E-state index in [1.54, 1.807) is 32.0 Å². The Morgan fingerprint density at radius 3 is 2.38 bits per heavy atom. The molecule has 0 saturated carbocycles. The standard InChI is InChI=1S/C11H20N2O3/c1-5-7-13(8-10(14)12(3)4)9-11(15)16-6-2/h5H,1,6-9H2,2-4H3. The van der Waals surface area contributed by atoms with Gasteiger partial charge in [0.15, 0.2) is 0 Å². The van der Waals surface area contributed by atoms with Crippen LogP contribution in [-0.4, -0.2) is 62.0 Å². The van der Waals surface area contributed by atoms with Gasteiger partial charge < -0.3 is 9.64 Å². The van der Waals surface area contributed by atoms with Gasteiger partial charge in [-0.15, -0.1) is 6.58 Å². The first kappa shape index (κ1) is 14.6. The first-order chi connectivity index (χ1) is 7.51. The molecule has 5 nitrogen and oxygen atoms in total. The van der Waals surface area contributed by atoms with Crippen molar-refractivity contribution in [3.8, 4) is 0 Å². The number of carbonyl (C=O) groups excluding carboxylic acids is 2. The van der Waals surface area contributed by atoms with Crippen molar-refractivity contribution in [2.75, 3.05) is 40.3 Å². The molecule has 0 bridgehead atoms. The number of rotatable bonds is 7. The Morgan fingerprint density at radius 1 is 1.31 bits per heavy atom. The van der Waals surface area contributed by atoms with Crippen LogP contribution in [0.5, 0.6) is 0 Å². The van der Waals surface area contributed by atoms with Gasteiger partial charge in [-0.3, -0.25) is 14.5 Å². The van der Waals surface area contributed by atoms with Crippen molar-refractivity contribution in [3.63, 3.8) is 0 Å². The average Bonchev–Trinajstić information content (AvgIpc) is 2.17. The number of likely N-dealkylation sites (N-methyl/N-ethyl adjacent to an activating group) is 1. The molecule has 0 radical (unpaired) electrons. The lowest BCUT2D eigenvalue weighted by molar-refractivity contribution is -0.144. The molecule has 0 atom stereocenters. The van der Waals surface area contributed by atoms with E-state index in [0.29, 0.717) is 13.2 Å². The highest BCUT2D eigenvalue weighted by molar-refractivity contribution is 5.79. The van der Waals surface area contributed by atoms with E-state index in [2.05, 4.69) is 6.58 Å². The van der Waals surface area contributed by atoms with Gasteiger partial charge in [0.2, 0.25) is 5.91 Å². The van der Waals surface area contributed by atoms with Gasteiger partial charge in [-0.1, -0.05) is 6.08 Å². The molecule has 5 heteroatoms. The summed E-state index contributed by atoms with van der Waals surface area (Å²) in [5, 5.41) is 0. The Labute approximate surface area is 96.7 Å². The first-order valence-corrected chi connectivity index (χ1v) is 5.20. The van der Waals surface area contributed by atoms with E-state index in [0.717, 1.165) is 0 Å². The van der Waals surface area contributed by atoms with Gasteiger partial charge in [0.1, 0.15) is 0 Å². The normalized spacial score (nSPS) is 10.0. The molecule has 0 aromatic carbocycles. The second-order valence-corrected chi connectivity index (χ2v) is 3.55. The predicted molar refractivity (Wildman–Crippen MR) is 62.0 cm³/mol. The largest absolute Gasteiger partial charge is 0.465 e. The van der Waals surface area contributed by atoms with Crippen LogP contribution in [0.4, 0.5) is 0 Å². The van der Waals surface area contributed by atoms with E-state index < -0.39 is 0 Å². The van der Waals surface area contributed by atoms with Crippen LogP contribution in [0, 0.1) is 0 Å². The maximum atomic E-state index is 11.5. The molecule has 92 valence electrons. The van der Waals surface area contributed by atoms with E-state index in [1.165, 1.54) is 4.90 Å². The third-order valence-electron chi connectivity index (χ3n) is 1.90. The number of amides is 1. The Kier molecular flexibility index (Phi) is 7.20. The summed E-state index contributed by atoms with van der Waals surface area (Å²) in [7, 11) is 3.36. The van der Waals surface area contributed by atoms with E-state index in [9.17, 15) is 9.59 Å². The summed E-state index contributed by atoms with van der Waals surface area (Å²) < 4.78 is 4.82. The highest BCUT2D eigenvalue weighted by Gasteiger charge is 2.14. The van der Waals surface area contributed by atoms with Gasteiger partial charge in [-0.2, -0.15) is 0 Å². The van der Waals surface area contributed by atoms with E-state index >= 15 is 0 Å². The molecule has 0 heterocycles. The maximum absolute atomic E-state index is 11.5. The number of hydrogen-bond acceptors (Lipinski definition) is 4. The summed E-state index contributed by atoms with van der Waals surface area (Å²) in [4.78, 5) is 25.9. The van der Waals surface area contributed by atoms with Crippen LogP contribution in [0.15, 0.2) is 12.7 Å². The van der Waals surface area contributed by atoms with E-state index in [1.807, 2.05) is 0 Å². The molecule has 0 aliphatic heterocycles. The fraction of sp³-hybridized carbons (Fsp3) is 0.636. The lowest BCUT2D eigenvalue weighted by Gasteiger charge is -2.20. The van der Waals surface area contributed by atoms with Crippen molar-refractivity contribution in [2.24, 2.45) is 0 Å². The van der Waals surface area contributed by atoms with Crippen molar-refractivity contribution in [3.05, 3.63) is 12.7 Å². The molecule has 0 aliphatic rings. The number of esters is 1. The number of nitrogens with zero attached hydrogens (tertiary/aromatic N) is 2. The molecular weight excluding hydrogens is 208 g/mol. The smallest absolute Gasteiger partial charge is 0.320 e. The lowest BCUT2D eigenvalue weighted by atomic mass is 10.4. The summed E-state index contributed by atoms with van der Waals surface area (Å²) in [5.41, 5.74) is 0. The molecule has 0 aromatic heterocycles. The van der Waals surface area contributed by atoms with Crippen LogP contribution in [0.3, 0.4) is 0 Å². The zero-order chi connectivity index (χ0) is 12.6. The molecule has 0 N–H and O–H groups in total.